The Morgan fingerprint density at radius 2 is 1.84 bits per heavy atom. The van der Waals surface area contributed by atoms with Gasteiger partial charge in [-0.15, -0.1) is 0 Å². The molecule has 0 radical (unpaired) electrons. The summed E-state index contributed by atoms with van der Waals surface area (Å²) in [6.45, 7) is 0. The van der Waals surface area contributed by atoms with E-state index in [1.165, 1.54) is 0 Å². The van der Waals surface area contributed by atoms with Gasteiger partial charge >= 0.3 is 0 Å². The van der Waals surface area contributed by atoms with E-state index in [1.807, 2.05) is 24.3 Å². The number of nitrogens with one attached hydrogen (secondary N) is 1. The summed E-state index contributed by atoms with van der Waals surface area (Å²) in [7, 11) is 0. The molecule has 0 aliphatic heterocycles. The molecule has 3 aromatic rings. The van der Waals surface area contributed by atoms with Gasteiger partial charge in [0.25, 0.3) is 0 Å². The zero-order valence-corrected chi connectivity index (χ0v) is 11.3. The predicted molar refractivity (Wildman–Crippen MR) is 77.7 cm³/mol. The molecule has 1 N–H and O–H groups in total. The third-order valence-corrected chi connectivity index (χ3v) is 3.70. The van der Waals surface area contributed by atoms with Crippen LogP contribution in [0.4, 0.5) is 0 Å². The molecule has 0 spiro atoms. The van der Waals surface area contributed by atoms with E-state index in [4.69, 9.17) is 11.6 Å². The van der Waals surface area contributed by atoms with Crippen molar-refractivity contribution in [3.63, 3.8) is 0 Å². The molecule has 0 aliphatic carbocycles. The van der Waals surface area contributed by atoms with Gasteiger partial charge in [0.1, 0.15) is 0 Å². The highest BCUT2D eigenvalue weighted by Gasteiger charge is 2.11. The third-order valence-electron chi connectivity index (χ3n) is 2.64. The fourth-order valence-electron chi connectivity index (χ4n) is 1.71. The smallest absolute Gasteiger partial charge is 0.227 e. The van der Waals surface area contributed by atoms with Gasteiger partial charge in [-0.05, 0) is 48.2 Å². The molecule has 0 saturated carbocycles. The number of imidazole rings is 1. The molecular formula is C14H9ClN2OS. The second-order valence-corrected chi connectivity index (χ2v) is 5.35. The van der Waals surface area contributed by atoms with Crippen LogP contribution in [0.25, 0.3) is 11.0 Å². The van der Waals surface area contributed by atoms with Crippen LogP contribution in [0.2, 0.25) is 5.02 Å². The molecule has 5 heteroatoms. The zero-order valence-electron chi connectivity index (χ0n) is 9.76. The number of aromatic amines is 1. The minimum absolute atomic E-state index is 0.0595. The lowest BCUT2D eigenvalue weighted by molar-refractivity contribution is 0.108. The first-order chi connectivity index (χ1) is 9.22. The minimum Gasteiger partial charge on any atom is -0.333 e. The van der Waals surface area contributed by atoms with Crippen LogP contribution in [-0.2, 0) is 0 Å². The number of aromatic nitrogens is 2. The van der Waals surface area contributed by atoms with Crippen molar-refractivity contribution in [1.29, 1.82) is 0 Å². The molecule has 2 aromatic carbocycles. The monoisotopic (exact) mass is 288 g/mol. The quantitative estimate of drug-likeness (QED) is 0.721. The molecule has 0 unspecified atom stereocenters. The van der Waals surface area contributed by atoms with Gasteiger partial charge in [-0.3, -0.25) is 4.79 Å². The molecule has 0 aliphatic rings. The summed E-state index contributed by atoms with van der Waals surface area (Å²) < 4.78 is 0. The van der Waals surface area contributed by atoms with Crippen LogP contribution in [-0.4, -0.2) is 15.1 Å². The van der Waals surface area contributed by atoms with Crippen molar-refractivity contribution < 1.29 is 4.79 Å². The fourth-order valence-corrected chi connectivity index (χ4v) is 2.57. The number of rotatable bonds is 2. The van der Waals surface area contributed by atoms with E-state index in [0.29, 0.717) is 15.7 Å². The maximum absolute atomic E-state index is 12.1. The van der Waals surface area contributed by atoms with Gasteiger partial charge in [0.05, 0.1) is 11.0 Å². The molecule has 0 bridgehead atoms. The Hall–Kier alpha value is -1.78. The molecule has 0 atom stereocenters. The Kier molecular flexibility index (Phi) is 3.27. The Morgan fingerprint density at radius 3 is 2.58 bits per heavy atom. The molecule has 3 rings (SSSR count). The highest BCUT2D eigenvalue weighted by Crippen LogP contribution is 2.23. The van der Waals surface area contributed by atoms with Gasteiger partial charge in [-0.2, -0.15) is 0 Å². The van der Waals surface area contributed by atoms with Gasteiger partial charge in [0, 0.05) is 10.6 Å². The summed E-state index contributed by atoms with van der Waals surface area (Å²) in [6.07, 6.45) is 0. The summed E-state index contributed by atoms with van der Waals surface area (Å²) in [5.41, 5.74) is 2.39. The Morgan fingerprint density at radius 1 is 1.11 bits per heavy atom. The van der Waals surface area contributed by atoms with E-state index < -0.39 is 0 Å². The molecular weight excluding hydrogens is 280 g/mol. The van der Waals surface area contributed by atoms with E-state index in [-0.39, 0.29) is 5.12 Å². The first kappa shape index (κ1) is 12.3. The minimum atomic E-state index is -0.0595. The SMILES string of the molecule is O=C(Sc1nc2ccccc2[nH]1)c1ccc(Cl)cc1. The maximum Gasteiger partial charge on any atom is 0.227 e. The topological polar surface area (TPSA) is 45.8 Å². The number of carbonyl (C=O) groups is 1. The molecule has 0 saturated heterocycles. The number of halogens is 1. The van der Waals surface area contributed by atoms with Crippen molar-refractivity contribution >= 4 is 39.5 Å². The molecule has 0 amide bonds. The highest BCUT2D eigenvalue weighted by atomic mass is 35.5. The summed E-state index contributed by atoms with van der Waals surface area (Å²) in [4.78, 5) is 19.5. The van der Waals surface area contributed by atoms with Crippen LogP contribution in [0.1, 0.15) is 10.4 Å². The van der Waals surface area contributed by atoms with Crippen molar-refractivity contribution in [2.75, 3.05) is 0 Å². The number of hydrogen-bond donors (Lipinski definition) is 1. The van der Waals surface area contributed by atoms with Crippen molar-refractivity contribution in [3.8, 4) is 0 Å². The number of carbonyl (C=O) groups excluding carboxylic acids is 1. The molecule has 1 heterocycles. The van der Waals surface area contributed by atoms with E-state index in [0.717, 1.165) is 22.8 Å². The largest absolute Gasteiger partial charge is 0.333 e. The van der Waals surface area contributed by atoms with Crippen LogP contribution in [0, 0.1) is 0 Å². The van der Waals surface area contributed by atoms with Crippen LogP contribution in [0.5, 0.6) is 0 Å². The Bertz CT molecular complexity index is 704. The zero-order chi connectivity index (χ0) is 13.2. The first-order valence-electron chi connectivity index (χ1n) is 5.65. The van der Waals surface area contributed by atoms with Crippen molar-refractivity contribution in [3.05, 3.63) is 59.1 Å². The van der Waals surface area contributed by atoms with Crippen LogP contribution in [0.3, 0.4) is 0 Å². The number of thioether (sulfide) groups is 1. The van der Waals surface area contributed by atoms with Gasteiger partial charge < -0.3 is 4.98 Å². The fraction of sp³-hybridized carbons (Fsp3) is 0. The van der Waals surface area contributed by atoms with E-state index in [2.05, 4.69) is 9.97 Å². The summed E-state index contributed by atoms with van der Waals surface area (Å²) in [5, 5.41) is 1.15. The van der Waals surface area contributed by atoms with Gasteiger partial charge in [-0.25, -0.2) is 4.98 Å². The lowest BCUT2D eigenvalue weighted by Crippen LogP contribution is -1.93. The van der Waals surface area contributed by atoms with Crippen LogP contribution >= 0.6 is 23.4 Å². The van der Waals surface area contributed by atoms with Gasteiger partial charge in [0.2, 0.25) is 5.12 Å². The third kappa shape index (κ3) is 2.64. The number of para-hydroxylation sites is 2. The second-order valence-electron chi connectivity index (χ2n) is 3.96. The van der Waals surface area contributed by atoms with E-state index in [1.54, 1.807) is 24.3 Å². The number of fused-ring (bicyclic) bond motifs is 1. The van der Waals surface area contributed by atoms with Crippen molar-refractivity contribution in [2.45, 2.75) is 5.16 Å². The summed E-state index contributed by atoms with van der Waals surface area (Å²) in [6, 6.07) is 14.5. The van der Waals surface area contributed by atoms with Crippen molar-refractivity contribution in [2.24, 2.45) is 0 Å². The number of nitrogens with zero attached hydrogens (tertiary/aromatic N) is 1. The standard InChI is InChI=1S/C14H9ClN2OS/c15-10-7-5-9(6-8-10)13(18)19-14-16-11-3-1-2-4-12(11)17-14/h1-8H,(H,16,17). The number of hydrogen-bond acceptors (Lipinski definition) is 3. The molecule has 1 aromatic heterocycles. The molecule has 94 valence electrons. The van der Waals surface area contributed by atoms with Crippen LogP contribution < -0.4 is 0 Å². The Balaban J connectivity index is 1.84. The number of benzene rings is 2. The lowest BCUT2D eigenvalue weighted by atomic mass is 10.2. The first-order valence-corrected chi connectivity index (χ1v) is 6.84. The summed E-state index contributed by atoms with van der Waals surface area (Å²) >= 11 is 6.87. The lowest BCUT2D eigenvalue weighted by Gasteiger charge is -1.97. The van der Waals surface area contributed by atoms with E-state index >= 15 is 0 Å². The molecule has 0 fully saturated rings. The Labute approximate surface area is 119 Å². The molecule has 3 nitrogen and oxygen atoms in total. The highest BCUT2D eigenvalue weighted by molar-refractivity contribution is 8.14. The van der Waals surface area contributed by atoms with Crippen molar-refractivity contribution in [1.82, 2.24) is 9.97 Å². The van der Waals surface area contributed by atoms with Crippen LogP contribution in [0.15, 0.2) is 53.7 Å². The normalized spacial score (nSPS) is 10.8. The van der Waals surface area contributed by atoms with Gasteiger partial charge in [-0.1, -0.05) is 23.7 Å². The number of H-pyrrole nitrogens is 1. The average molecular weight is 289 g/mol. The maximum atomic E-state index is 12.1. The average Bonchev–Trinajstić information content (AvgIpc) is 2.81. The molecule has 19 heavy (non-hydrogen) atoms. The summed E-state index contributed by atoms with van der Waals surface area (Å²) in [5.74, 6) is 0. The van der Waals surface area contributed by atoms with E-state index in [9.17, 15) is 4.79 Å². The van der Waals surface area contributed by atoms with Gasteiger partial charge in [0.15, 0.2) is 5.16 Å². The predicted octanol–water partition coefficient (Wildman–Crippen LogP) is 4.15. The second kappa shape index (κ2) is 5.07.